The second kappa shape index (κ2) is 4.89. The van der Waals surface area contributed by atoms with Crippen molar-refractivity contribution >= 4 is 16.7 Å². The summed E-state index contributed by atoms with van der Waals surface area (Å²) in [4.78, 5) is 8.96. The van der Waals surface area contributed by atoms with Gasteiger partial charge in [0, 0.05) is 24.1 Å². The molecule has 0 amide bonds. The highest BCUT2D eigenvalue weighted by Gasteiger charge is 2.09. The van der Waals surface area contributed by atoms with Crippen LogP contribution in [0.1, 0.15) is 5.56 Å². The molecule has 0 atom stereocenters. The molecule has 0 spiro atoms. The maximum Gasteiger partial charge on any atom is 0.162 e. The van der Waals surface area contributed by atoms with Crippen LogP contribution in [0.5, 0.6) is 0 Å². The summed E-state index contributed by atoms with van der Waals surface area (Å²) in [6.07, 6.45) is 0. The third kappa shape index (κ3) is 2.20. The second-order valence-electron chi connectivity index (χ2n) is 4.67. The van der Waals surface area contributed by atoms with E-state index in [4.69, 9.17) is 0 Å². The van der Waals surface area contributed by atoms with Crippen molar-refractivity contribution in [3.05, 3.63) is 53.8 Å². The fourth-order valence-corrected chi connectivity index (χ4v) is 2.13. The van der Waals surface area contributed by atoms with E-state index in [0.717, 1.165) is 10.9 Å². The van der Waals surface area contributed by atoms with Gasteiger partial charge >= 0.3 is 0 Å². The molecule has 0 bridgehead atoms. The van der Waals surface area contributed by atoms with Crippen LogP contribution in [0.25, 0.3) is 22.3 Å². The molecule has 0 saturated heterocycles. The highest BCUT2D eigenvalue weighted by Crippen LogP contribution is 2.25. The van der Waals surface area contributed by atoms with Gasteiger partial charge in [0.2, 0.25) is 0 Å². The number of aromatic nitrogens is 2. The lowest BCUT2D eigenvalue weighted by atomic mass is 10.1. The highest BCUT2D eigenvalue weighted by atomic mass is 19.1. The molecule has 2 aromatic carbocycles. The van der Waals surface area contributed by atoms with Gasteiger partial charge in [0.05, 0.1) is 5.52 Å². The zero-order chi connectivity index (χ0) is 14.1. The molecule has 0 aliphatic carbocycles. The zero-order valence-electron chi connectivity index (χ0n) is 11.3. The summed E-state index contributed by atoms with van der Waals surface area (Å²) in [5.41, 5.74) is 2.69. The van der Waals surface area contributed by atoms with Crippen LogP contribution in [0.15, 0.2) is 42.5 Å². The van der Waals surface area contributed by atoms with Gasteiger partial charge in [-0.1, -0.05) is 29.8 Å². The zero-order valence-corrected chi connectivity index (χ0v) is 11.3. The number of fused-ring (bicyclic) bond motifs is 1. The van der Waals surface area contributed by atoms with Crippen molar-refractivity contribution in [2.75, 3.05) is 12.4 Å². The predicted molar refractivity (Wildman–Crippen MR) is 79.2 cm³/mol. The molecule has 3 aromatic rings. The minimum absolute atomic E-state index is 0.298. The molecule has 0 radical (unpaired) electrons. The summed E-state index contributed by atoms with van der Waals surface area (Å²) in [5, 5.41) is 3.85. The lowest BCUT2D eigenvalue weighted by Gasteiger charge is -2.08. The van der Waals surface area contributed by atoms with E-state index in [0.29, 0.717) is 17.2 Å². The number of rotatable bonds is 2. The Morgan fingerprint density at radius 1 is 1.00 bits per heavy atom. The molecule has 100 valence electrons. The monoisotopic (exact) mass is 267 g/mol. The van der Waals surface area contributed by atoms with Crippen LogP contribution in [0, 0.1) is 12.7 Å². The molecule has 0 unspecified atom stereocenters. The average Bonchev–Trinajstić information content (AvgIpc) is 2.46. The first-order valence-electron chi connectivity index (χ1n) is 6.39. The third-order valence-electron chi connectivity index (χ3n) is 3.21. The standard InChI is InChI=1S/C16H14FN3/c1-10-3-5-11(6-4-10)15-19-14-9-12(17)7-8-13(14)16(18-2)20-15/h3-9H,1-2H3,(H,18,19,20). The molecule has 4 heteroatoms. The number of aryl methyl sites for hydroxylation is 1. The fraction of sp³-hybridized carbons (Fsp3) is 0.125. The van der Waals surface area contributed by atoms with E-state index in [1.807, 2.05) is 31.2 Å². The summed E-state index contributed by atoms with van der Waals surface area (Å²) in [5.74, 6) is 0.992. The topological polar surface area (TPSA) is 37.8 Å². The van der Waals surface area contributed by atoms with Crippen LogP contribution in [0.3, 0.4) is 0 Å². The molecule has 0 fully saturated rings. The quantitative estimate of drug-likeness (QED) is 0.767. The summed E-state index contributed by atoms with van der Waals surface area (Å²) < 4.78 is 13.4. The molecule has 1 N–H and O–H groups in total. The van der Waals surface area contributed by atoms with Gasteiger partial charge in [-0.2, -0.15) is 0 Å². The number of nitrogens with one attached hydrogen (secondary N) is 1. The Morgan fingerprint density at radius 3 is 2.45 bits per heavy atom. The van der Waals surface area contributed by atoms with Crippen molar-refractivity contribution in [2.45, 2.75) is 6.92 Å². The second-order valence-corrected chi connectivity index (χ2v) is 4.67. The Labute approximate surface area is 116 Å². The maximum atomic E-state index is 13.4. The SMILES string of the molecule is CNc1nc(-c2ccc(C)cc2)nc2cc(F)ccc12. The predicted octanol–water partition coefficient (Wildman–Crippen LogP) is 3.79. The summed E-state index contributed by atoms with van der Waals surface area (Å²) in [6, 6.07) is 12.5. The largest absolute Gasteiger partial charge is 0.373 e. The van der Waals surface area contributed by atoms with Crippen LogP contribution in [0.4, 0.5) is 10.2 Å². The Kier molecular flexibility index (Phi) is 3.06. The number of hydrogen-bond acceptors (Lipinski definition) is 3. The van der Waals surface area contributed by atoms with E-state index < -0.39 is 0 Å². The maximum absolute atomic E-state index is 13.4. The average molecular weight is 267 g/mol. The van der Waals surface area contributed by atoms with Crippen LogP contribution in [-0.4, -0.2) is 17.0 Å². The van der Waals surface area contributed by atoms with Crippen LogP contribution >= 0.6 is 0 Å². The summed E-state index contributed by atoms with van der Waals surface area (Å²) in [6.45, 7) is 2.03. The lowest BCUT2D eigenvalue weighted by molar-refractivity contribution is 0.629. The first-order valence-corrected chi connectivity index (χ1v) is 6.39. The van der Waals surface area contributed by atoms with Gasteiger partial charge < -0.3 is 5.32 Å². The van der Waals surface area contributed by atoms with Crippen molar-refractivity contribution < 1.29 is 4.39 Å². The summed E-state index contributed by atoms with van der Waals surface area (Å²) >= 11 is 0. The fourth-order valence-electron chi connectivity index (χ4n) is 2.13. The van der Waals surface area contributed by atoms with E-state index in [1.54, 1.807) is 13.1 Å². The Hall–Kier alpha value is -2.49. The lowest BCUT2D eigenvalue weighted by Crippen LogP contribution is -1.99. The number of benzene rings is 2. The van der Waals surface area contributed by atoms with Gasteiger partial charge in [-0.25, -0.2) is 14.4 Å². The normalized spacial score (nSPS) is 10.8. The van der Waals surface area contributed by atoms with E-state index in [9.17, 15) is 4.39 Å². The molecule has 1 aromatic heterocycles. The van der Waals surface area contributed by atoms with Crippen molar-refractivity contribution in [1.29, 1.82) is 0 Å². The van der Waals surface area contributed by atoms with Crippen LogP contribution in [-0.2, 0) is 0 Å². The minimum Gasteiger partial charge on any atom is -0.373 e. The van der Waals surface area contributed by atoms with Crippen molar-refractivity contribution in [1.82, 2.24) is 9.97 Å². The first-order chi connectivity index (χ1) is 9.67. The van der Waals surface area contributed by atoms with Crippen molar-refractivity contribution in [3.8, 4) is 11.4 Å². The van der Waals surface area contributed by atoms with Gasteiger partial charge in [0.25, 0.3) is 0 Å². The molecule has 20 heavy (non-hydrogen) atoms. The Bertz CT molecular complexity index is 767. The Balaban J connectivity index is 2.23. The molecule has 0 saturated carbocycles. The van der Waals surface area contributed by atoms with Crippen molar-refractivity contribution in [2.24, 2.45) is 0 Å². The number of nitrogens with zero attached hydrogens (tertiary/aromatic N) is 2. The van der Waals surface area contributed by atoms with Gasteiger partial charge in [0.15, 0.2) is 5.82 Å². The number of hydrogen-bond donors (Lipinski definition) is 1. The molecular formula is C16H14FN3. The molecule has 3 nitrogen and oxygen atoms in total. The number of halogens is 1. The van der Waals surface area contributed by atoms with E-state index >= 15 is 0 Å². The minimum atomic E-state index is -0.298. The van der Waals surface area contributed by atoms with Gasteiger partial charge in [-0.05, 0) is 19.1 Å². The smallest absolute Gasteiger partial charge is 0.162 e. The van der Waals surface area contributed by atoms with Crippen LogP contribution < -0.4 is 5.32 Å². The van der Waals surface area contributed by atoms with E-state index in [2.05, 4.69) is 15.3 Å². The van der Waals surface area contributed by atoms with Crippen molar-refractivity contribution in [3.63, 3.8) is 0 Å². The first kappa shape index (κ1) is 12.5. The molecule has 1 heterocycles. The van der Waals surface area contributed by atoms with E-state index in [-0.39, 0.29) is 5.82 Å². The number of anilines is 1. The van der Waals surface area contributed by atoms with Gasteiger partial charge in [0.1, 0.15) is 11.6 Å². The molecular weight excluding hydrogens is 253 g/mol. The van der Waals surface area contributed by atoms with Crippen LogP contribution in [0.2, 0.25) is 0 Å². The third-order valence-corrected chi connectivity index (χ3v) is 3.21. The van der Waals surface area contributed by atoms with E-state index in [1.165, 1.54) is 17.7 Å². The van der Waals surface area contributed by atoms with Gasteiger partial charge in [-0.3, -0.25) is 0 Å². The summed E-state index contributed by atoms with van der Waals surface area (Å²) in [7, 11) is 1.80. The van der Waals surface area contributed by atoms with Gasteiger partial charge in [-0.15, -0.1) is 0 Å². The molecule has 3 rings (SSSR count). The molecule has 0 aliphatic rings. The Morgan fingerprint density at radius 2 is 1.75 bits per heavy atom. The highest BCUT2D eigenvalue weighted by molar-refractivity contribution is 5.90. The molecule has 0 aliphatic heterocycles.